The molecule has 2 aromatic carbocycles. The fourth-order valence-corrected chi connectivity index (χ4v) is 2.46. The summed E-state index contributed by atoms with van der Waals surface area (Å²) in [4.78, 5) is 4.81. The molecule has 0 N–H and O–H groups in total. The lowest BCUT2D eigenvalue weighted by Gasteiger charge is -2.15. The summed E-state index contributed by atoms with van der Waals surface area (Å²) in [5.41, 5.74) is 3.47. The van der Waals surface area contributed by atoms with E-state index in [1.54, 1.807) is 0 Å². The minimum Gasteiger partial charge on any atom is -0.321 e. The molecule has 0 spiro atoms. The van der Waals surface area contributed by atoms with Gasteiger partial charge < -0.3 is 4.57 Å². The number of fused-ring (bicyclic) bond motifs is 1. The predicted octanol–water partition coefficient (Wildman–Crippen LogP) is 4.67. The van der Waals surface area contributed by atoms with Crippen molar-refractivity contribution in [2.24, 2.45) is 0 Å². The smallest absolute Gasteiger partial charge is 0.141 e. The summed E-state index contributed by atoms with van der Waals surface area (Å²) in [5.74, 6) is 1.07. The predicted molar refractivity (Wildman–Crippen MR) is 80.2 cm³/mol. The molecule has 0 saturated carbocycles. The molecule has 0 aliphatic carbocycles. The molecular formula is C17H18N2. The van der Waals surface area contributed by atoms with Crippen molar-refractivity contribution in [3.8, 4) is 11.4 Å². The Balaban J connectivity index is 2.29. The summed E-state index contributed by atoms with van der Waals surface area (Å²) in [7, 11) is 0. The van der Waals surface area contributed by atoms with Gasteiger partial charge in [-0.2, -0.15) is 0 Å². The summed E-state index contributed by atoms with van der Waals surface area (Å²) in [6, 6.07) is 19.2. The van der Waals surface area contributed by atoms with Gasteiger partial charge >= 0.3 is 0 Å². The zero-order valence-corrected chi connectivity index (χ0v) is 11.4. The number of hydrogen-bond acceptors (Lipinski definition) is 1. The first-order chi connectivity index (χ1) is 9.31. The van der Waals surface area contributed by atoms with Crippen LogP contribution >= 0.6 is 0 Å². The molecule has 0 saturated heterocycles. The number of aromatic nitrogens is 2. The van der Waals surface area contributed by atoms with Gasteiger partial charge in [0, 0.05) is 11.6 Å². The Kier molecular flexibility index (Phi) is 3.08. The summed E-state index contributed by atoms with van der Waals surface area (Å²) in [6.45, 7) is 4.47. The van der Waals surface area contributed by atoms with Crippen molar-refractivity contribution in [3.63, 3.8) is 0 Å². The number of para-hydroxylation sites is 2. The largest absolute Gasteiger partial charge is 0.321 e. The van der Waals surface area contributed by atoms with Crippen LogP contribution in [0.2, 0.25) is 0 Å². The highest BCUT2D eigenvalue weighted by Crippen LogP contribution is 2.29. The van der Waals surface area contributed by atoms with E-state index in [0.717, 1.165) is 17.8 Å². The molecule has 0 fully saturated rings. The molecular weight excluding hydrogens is 232 g/mol. The highest BCUT2D eigenvalue weighted by Gasteiger charge is 2.15. The van der Waals surface area contributed by atoms with Crippen molar-refractivity contribution < 1.29 is 0 Å². The highest BCUT2D eigenvalue weighted by molar-refractivity contribution is 5.80. The zero-order valence-electron chi connectivity index (χ0n) is 11.4. The normalized spacial score (nSPS) is 12.7. The second-order valence-corrected chi connectivity index (χ2v) is 4.92. The molecule has 1 atom stereocenters. The third-order valence-electron chi connectivity index (χ3n) is 3.66. The molecule has 0 amide bonds. The van der Waals surface area contributed by atoms with E-state index >= 15 is 0 Å². The van der Waals surface area contributed by atoms with E-state index in [9.17, 15) is 0 Å². The van der Waals surface area contributed by atoms with Gasteiger partial charge in [-0.3, -0.25) is 0 Å². The molecule has 1 aromatic heterocycles. The first kappa shape index (κ1) is 12.0. The van der Waals surface area contributed by atoms with Crippen molar-refractivity contribution in [2.75, 3.05) is 0 Å². The van der Waals surface area contributed by atoms with E-state index in [1.807, 2.05) is 12.1 Å². The monoisotopic (exact) mass is 250 g/mol. The van der Waals surface area contributed by atoms with Gasteiger partial charge in [-0.1, -0.05) is 49.4 Å². The molecule has 1 heterocycles. The molecule has 0 bridgehead atoms. The highest BCUT2D eigenvalue weighted by atomic mass is 15.1. The summed E-state index contributed by atoms with van der Waals surface area (Å²) < 4.78 is 2.35. The van der Waals surface area contributed by atoms with Gasteiger partial charge in [-0.25, -0.2) is 4.98 Å². The van der Waals surface area contributed by atoms with E-state index in [-0.39, 0.29) is 0 Å². The first-order valence-electron chi connectivity index (χ1n) is 6.83. The van der Waals surface area contributed by atoms with Gasteiger partial charge in [0.2, 0.25) is 0 Å². The Morgan fingerprint density at radius 2 is 1.68 bits per heavy atom. The molecule has 0 radical (unpaired) electrons. The summed E-state index contributed by atoms with van der Waals surface area (Å²) in [5, 5.41) is 0. The van der Waals surface area contributed by atoms with Gasteiger partial charge in [0.05, 0.1) is 11.0 Å². The fourth-order valence-electron chi connectivity index (χ4n) is 2.46. The standard InChI is InChI=1S/C17H18N2/c1-3-13(2)19-16-12-8-7-11-15(16)18-17(19)14-9-5-4-6-10-14/h4-13H,3H2,1-2H3/t13-/m1/s1. The third-order valence-corrected chi connectivity index (χ3v) is 3.66. The van der Waals surface area contributed by atoms with Crippen LogP contribution in [0.5, 0.6) is 0 Å². The third kappa shape index (κ3) is 2.03. The Labute approximate surface area is 113 Å². The van der Waals surface area contributed by atoms with E-state index in [2.05, 4.69) is 60.9 Å². The SMILES string of the molecule is CC[C@@H](C)n1c(-c2ccccc2)nc2ccccc21. The van der Waals surface area contributed by atoms with Crippen LogP contribution in [0, 0.1) is 0 Å². The average molecular weight is 250 g/mol. The topological polar surface area (TPSA) is 17.8 Å². The number of hydrogen-bond donors (Lipinski definition) is 0. The van der Waals surface area contributed by atoms with E-state index in [0.29, 0.717) is 6.04 Å². The average Bonchev–Trinajstić information content (AvgIpc) is 2.87. The van der Waals surface area contributed by atoms with Crippen molar-refractivity contribution in [1.29, 1.82) is 0 Å². The molecule has 3 rings (SSSR count). The lowest BCUT2D eigenvalue weighted by molar-refractivity contribution is 0.550. The maximum Gasteiger partial charge on any atom is 0.141 e. The van der Waals surface area contributed by atoms with Gasteiger partial charge in [0.1, 0.15) is 5.82 Å². The van der Waals surface area contributed by atoms with Crippen LogP contribution in [-0.4, -0.2) is 9.55 Å². The van der Waals surface area contributed by atoms with Crippen molar-refractivity contribution in [3.05, 3.63) is 54.6 Å². The second kappa shape index (κ2) is 4.88. The Hall–Kier alpha value is -2.09. The number of nitrogens with zero attached hydrogens (tertiary/aromatic N) is 2. The second-order valence-electron chi connectivity index (χ2n) is 4.92. The molecule has 0 aliphatic rings. The minimum absolute atomic E-state index is 0.447. The minimum atomic E-state index is 0.447. The van der Waals surface area contributed by atoms with Gasteiger partial charge in [0.25, 0.3) is 0 Å². The van der Waals surface area contributed by atoms with Crippen LogP contribution in [0.25, 0.3) is 22.4 Å². The Bertz CT molecular complexity index is 683. The van der Waals surface area contributed by atoms with E-state index < -0.39 is 0 Å². The maximum absolute atomic E-state index is 4.81. The number of rotatable bonds is 3. The number of imidazole rings is 1. The van der Waals surface area contributed by atoms with Crippen LogP contribution in [-0.2, 0) is 0 Å². The maximum atomic E-state index is 4.81. The van der Waals surface area contributed by atoms with Crippen molar-refractivity contribution in [1.82, 2.24) is 9.55 Å². The molecule has 2 nitrogen and oxygen atoms in total. The Morgan fingerprint density at radius 1 is 1.00 bits per heavy atom. The molecule has 0 aliphatic heterocycles. The number of benzene rings is 2. The van der Waals surface area contributed by atoms with Crippen LogP contribution in [0.3, 0.4) is 0 Å². The van der Waals surface area contributed by atoms with Crippen LogP contribution in [0.15, 0.2) is 54.6 Å². The Morgan fingerprint density at radius 3 is 2.42 bits per heavy atom. The lowest BCUT2D eigenvalue weighted by atomic mass is 10.2. The molecule has 19 heavy (non-hydrogen) atoms. The van der Waals surface area contributed by atoms with Crippen LogP contribution in [0.4, 0.5) is 0 Å². The quantitative estimate of drug-likeness (QED) is 0.660. The summed E-state index contributed by atoms with van der Waals surface area (Å²) in [6.07, 6.45) is 1.10. The van der Waals surface area contributed by atoms with E-state index in [4.69, 9.17) is 4.98 Å². The van der Waals surface area contributed by atoms with Gasteiger partial charge in [0.15, 0.2) is 0 Å². The molecule has 2 heteroatoms. The molecule has 3 aromatic rings. The zero-order chi connectivity index (χ0) is 13.2. The lowest BCUT2D eigenvalue weighted by Crippen LogP contribution is -2.05. The summed E-state index contributed by atoms with van der Waals surface area (Å²) >= 11 is 0. The van der Waals surface area contributed by atoms with Gasteiger partial charge in [-0.05, 0) is 25.5 Å². The van der Waals surface area contributed by atoms with E-state index in [1.165, 1.54) is 11.1 Å². The van der Waals surface area contributed by atoms with Crippen molar-refractivity contribution >= 4 is 11.0 Å². The van der Waals surface area contributed by atoms with Gasteiger partial charge in [-0.15, -0.1) is 0 Å². The first-order valence-corrected chi connectivity index (χ1v) is 6.83. The fraction of sp³-hybridized carbons (Fsp3) is 0.235. The van der Waals surface area contributed by atoms with Crippen molar-refractivity contribution in [2.45, 2.75) is 26.3 Å². The van der Waals surface area contributed by atoms with Crippen LogP contribution < -0.4 is 0 Å². The van der Waals surface area contributed by atoms with Crippen LogP contribution in [0.1, 0.15) is 26.3 Å². The molecule has 96 valence electrons. The molecule has 0 unspecified atom stereocenters.